The van der Waals surface area contributed by atoms with Crippen LogP contribution in [0.25, 0.3) is 11.1 Å². The molecule has 0 saturated heterocycles. The normalized spacial score (nSPS) is 14.5. The van der Waals surface area contributed by atoms with Gasteiger partial charge in [-0.15, -0.1) is 0 Å². The molecule has 134 valence electrons. The van der Waals surface area contributed by atoms with Gasteiger partial charge in [-0.3, -0.25) is 4.79 Å². The lowest BCUT2D eigenvalue weighted by atomic mass is 9.90. The molecule has 1 aromatic carbocycles. The first-order valence-electron chi connectivity index (χ1n) is 8.81. The molecule has 3 heterocycles. The Morgan fingerprint density at radius 2 is 2.12 bits per heavy atom. The largest absolute Gasteiger partial charge is 0.398 e. The number of carbonyl (C=O) groups is 1. The predicted octanol–water partition coefficient (Wildman–Crippen LogP) is 3.70. The van der Waals surface area contributed by atoms with E-state index in [1.54, 1.807) is 11.1 Å². The molecule has 0 unspecified atom stereocenters. The average Bonchev–Trinajstić information content (AvgIpc) is 3.04. The molecule has 1 aliphatic rings. The number of aromatic nitrogens is 2. The van der Waals surface area contributed by atoms with Crippen LogP contribution >= 0.6 is 0 Å². The molecule has 0 atom stereocenters. The number of carbonyl (C=O) groups excluding carboxylic acids is 1. The monoisotopic (exact) mass is 350 g/mol. The molecule has 3 aromatic rings. The summed E-state index contributed by atoms with van der Waals surface area (Å²) < 4.78 is 5.33. The van der Waals surface area contributed by atoms with Crippen LogP contribution in [-0.2, 0) is 11.8 Å². The molecule has 1 aliphatic heterocycles. The highest BCUT2D eigenvalue weighted by molar-refractivity contribution is 6.08. The van der Waals surface area contributed by atoms with E-state index < -0.39 is 0 Å². The molecule has 26 heavy (non-hydrogen) atoms. The third-order valence-corrected chi connectivity index (χ3v) is 4.82. The van der Waals surface area contributed by atoms with E-state index in [0.717, 1.165) is 40.9 Å². The van der Waals surface area contributed by atoms with Crippen LogP contribution in [0.3, 0.4) is 0 Å². The van der Waals surface area contributed by atoms with Crippen molar-refractivity contribution in [2.45, 2.75) is 39.0 Å². The fourth-order valence-corrected chi connectivity index (χ4v) is 3.51. The van der Waals surface area contributed by atoms with Crippen molar-refractivity contribution in [3.05, 3.63) is 47.3 Å². The Morgan fingerprint density at radius 1 is 1.31 bits per heavy atom. The quantitative estimate of drug-likeness (QED) is 0.677. The topological polar surface area (TPSA) is 85.2 Å². The van der Waals surface area contributed by atoms with Crippen molar-refractivity contribution in [1.29, 1.82) is 0 Å². The molecule has 0 bridgehead atoms. The lowest BCUT2D eigenvalue weighted by Gasteiger charge is -2.30. The number of rotatable bonds is 1. The van der Waals surface area contributed by atoms with E-state index >= 15 is 0 Å². The van der Waals surface area contributed by atoms with Crippen molar-refractivity contribution in [2.24, 2.45) is 0 Å². The third kappa shape index (κ3) is 2.62. The number of hydrogen-bond acceptors (Lipinski definition) is 5. The van der Waals surface area contributed by atoms with Crippen molar-refractivity contribution in [2.75, 3.05) is 17.2 Å². The summed E-state index contributed by atoms with van der Waals surface area (Å²) >= 11 is 0. The Kier molecular flexibility index (Phi) is 3.72. The van der Waals surface area contributed by atoms with E-state index in [9.17, 15) is 4.79 Å². The van der Waals surface area contributed by atoms with Gasteiger partial charge in [0, 0.05) is 29.5 Å². The van der Waals surface area contributed by atoms with Gasteiger partial charge in [0.05, 0.1) is 16.6 Å². The summed E-state index contributed by atoms with van der Waals surface area (Å²) in [6, 6.07) is 7.56. The second-order valence-corrected chi connectivity index (χ2v) is 7.76. The summed E-state index contributed by atoms with van der Waals surface area (Å²) in [5.41, 5.74) is 10.4. The van der Waals surface area contributed by atoms with E-state index in [1.807, 2.05) is 24.3 Å². The molecule has 4 rings (SSSR count). The number of amides is 1. The van der Waals surface area contributed by atoms with Crippen LogP contribution in [-0.4, -0.2) is 22.6 Å². The summed E-state index contributed by atoms with van der Waals surface area (Å²) in [6.45, 7) is 6.84. The molecule has 6 nitrogen and oxygen atoms in total. The zero-order valence-corrected chi connectivity index (χ0v) is 15.2. The van der Waals surface area contributed by atoms with Crippen molar-refractivity contribution in [3.8, 4) is 0 Å². The van der Waals surface area contributed by atoms with E-state index in [0.29, 0.717) is 17.8 Å². The van der Waals surface area contributed by atoms with Crippen LogP contribution in [0.15, 0.2) is 35.0 Å². The van der Waals surface area contributed by atoms with Crippen LogP contribution in [0.4, 0.5) is 11.4 Å². The Bertz CT molecular complexity index is 1000. The minimum Gasteiger partial charge on any atom is -0.398 e. The first-order valence-corrected chi connectivity index (χ1v) is 8.81. The lowest BCUT2D eigenvalue weighted by molar-refractivity contribution is 0.0985. The van der Waals surface area contributed by atoms with E-state index in [2.05, 4.69) is 30.9 Å². The molecule has 0 spiro atoms. The van der Waals surface area contributed by atoms with Crippen LogP contribution in [0.5, 0.6) is 0 Å². The SMILES string of the molecule is CC(C)(C)c1noc2ncc(C(=O)N3CCCc4c(N)cccc43)cc12. The number of nitrogen functional groups attached to an aromatic ring is 1. The summed E-state index contributed by atoms with van der Waals surface area (Å²) in [5.74, 6) is -0.0768. The van der Waals surface area contributed by atoms with Crippen LogP contribution < -0.4 is 10.6 Å². The van der Waals surface area contributed by atoms with Crippen molar-refractivity contribution in [3.63, 3.8) is 0 Å². The molecular weight excluding hydrogens is 328 g/mol. The Balaban J connectivity index is 1.77. The summed E-state index contributed by atoms with van der Waals surface area (Å²) in [5, 5.41) is 4.93. The fraction of sp³-hybridized carbons (Fsp3) is 0.350. The second-order valence-electron chi connectivity index (χ2n) is 7.76. The zero-order chi connectivity index (χ0) is 18.5. The maximum atomic E-state index is 13.2. The van der Waals surface area contributed by atoms with Crippen LogP contribution in [0.2, 0.25) is 0 Å². The van der Waals surface area contributed by atoms with Gasteiger partial charge in [-0.2, -0.15) is 0 Å². The zero-order valence-electron chi connectivity index (χ0n) is 15.2. The number of benzene rings is 1. The molecule has 0 radical (unpaired) electrons. The smallest absolute Gasteiger partial charge is 0.259 e. The van der Waals surface area contributed by atoms with Crippen molar-refractivity contribution < 1.29 is 9.32 Å². The Morgan fingerprint density at radius 3 is 2.88 bits per heavy atom. The highest BCUT2D eigenvalue weighted by atomic mass is 16.5. The predicted molar refractivity (Wildman–Crippen MR) is 101 cm³/mol. The molecule has 2 N–H and O–H groups in total. The molecule has 2 aromatic heterocycles. The number of pyridine rings is 1. The maximum absolute atomic E-state index is 13.2. The molecule has 1 amide bonds. The lowest BCUT2D eigenvalue weighted by Crippen LogP contribution is -2.35. The molecular formula is C20H22N4O2. The Labute approximate surface area is 152 Å². The van der Waals surface area contributed by atoms with Crippen molar-refractivity contribution >= 4 is 28.4 Å². The highest BCUT2D eigenvalue weighted by Crippen LogP contribution is 2.33. The summed E-state index contributed by atoms with van der Waals surface area (Å²) in [4.78, 5) is 19.3. The molecule has 0 saturated carbocycles. The fourth-order valence-electron chi connectivity index (χ4n) is 3.51. The van der Waals surface area contributed by atoms with Gasteiger partial charge in [-0.25, -0.2) is 4.98 Å². The first kappa shape index (κ1) is 16.6. The standard InChI is InChI=1S/C20H22N4O2/c1-20(2,3)17-14-10-12(11-22-18(14)26-23-17)19(25)24-9-5-6-13-15(21)7-4-8-16(13)24/h4,7-8,10-11H,5-6,9,21H2,1-3H3. The molecule has 0 fully saturated rings. The number of fused-ring (bicyclic) bond motifs is 2. The highest BCUT2D eigenvalue weighted by Gasteiger charge is 2.27. The summed E-state index contributed by atoms with van der Waals surface area (Å²) in [6.07, 6.45) is 3.34. The van der Waals surface area contributed by atoms with Crippen LogP contribution in [0, 0.1) is 0 Å². The number of hydrogen-bond donors (Lipinski definition) is 1. The van der Waals surface area contributed by atoms with E-state index in [4.69, 9.17) is 10.3 Å². The number of anilines is 2. The van der Waals surface area contributed by atoms with Gasteiger partial charge in [0.25, 0.3) is 11.6 Å². The van der Waals surface area contributed by atoms with Gasteiger partial charge in [-0.05, 0) is 36.6 Å². The number of nitrogens with two attached hydrogens (primary N) is 1. The maximum Gasteiger partial charge on any atom is 0.259 e. The minimum atomic E-state index is -0.194. The van der Waals surface area contributed by atoms with Gasteiger partial charge in [-0.1, -0.05) is 32.0 Å². The molecule has 0 aliphatic carbocycles. The minimum absolute atomic E-state index is 0.0768. The van der Waals surface area contributed by atoms with Gasteiger partial charge < -0.3 is 15.2 Å². The van der Waals surface area contributed by atoms with Crippen molar-refractivity contribution in [1.82, 2.24) is 10.1 Å². The van der Waals surface area contributed by atoms with Gasteiger partial charge in [0.15, 0.2) is 0 Å². The average molecular weight is 350 g/mol. The second kappa shape index (κ2) is 5.83. The van der Waals surface area contributed by atoms with Gasteiger partial charge in [0.2, 0.25) is 0 Å². The molecule has 6 heteroatoms. The first-order chi connectivity index (χ1) is 12.4. The van der Waals surface area contributed by atoms with E-state index in [1.165, 1.54) is 0 Å². The van der Waals surface area contributed by atoms with Gasteiger partial charge >= 0.3 is 0 Å². The third-order valence-electron chi connectivity index (χ3n) is 4.82. The Hall–Kier alpha value is -2.89. The van der Waals surface area contributed by atoms with E-state index in [-0.39, 0.29) is 11.3 Å². The summed E-state index contributed by atoms with van der Waals surface area (Å²) in [7, 11) is 0. The van der Waals surface area contributed by atoms with Crippen LogP contribution in [0.1, 0.15) is 48.8 Å². The van der Waals surface area contributed by atoms with Gasteiger partial charge in [0.1, 0.15) is 0 Å². The number of nitrogens with zero attached hydrogens (tertiary/aromatic N) is 3.